The van der Waals surface area contributed by atoms with Gasteiger partial charge in [-0.2, -0.15) is 0 Å². The Labute approximate surface area is 607 Å². The van der Waals surface area contributed by atoms with Crippen LogP contribution in [0.1, 0.15) is 420 Å². The standard InChI is InChI=1S/C80H156O17P2/c1-7-11-13-15-17-19-20-21-22-23-24-25-26-31-34-40-46-52-58-64-79(84)97-76(69-91-78(83)63-57-51-45-39-33-30-28-27-29-32-37-42-48-54-60-72(5)9-3)71-95-99(88,89)93-67-74(81)66-92-98(86,87)94-70-75(68-90-77(82)62-56-50-44-18-16-14-12-8-2)96-80(85)65-59-53-47-41-36-35-38-43-49-55-61-73(6)10-4/h72-76,81H,7-71H2,1-6H3,(H,86,87)(H,88,89)/t72?,73?,74-,75+,76+/m0/s1. The third kappa shape index (κ3) is 71.5. The molecule has 0 spiro atoms. The number of aliphatic hydroxyl groups is 1. The lowest BCUT2D eigenvalue weighted by Crippen LogP contribution is -2.30. The van der Waals surface area contributed by atoms with Gasteiger partial charge < -0.3 is 33.8 Å². The zero-order chi connectivity index (χ0) is 72.8. The van der Waals surface area contributed by atoms with Crippen molar-refractivity contribution >= 4 is 39.5 Å². The molecular weight excluding hydrogens is 1290 g/mol. The van der Waals surface area contributed by atoms with Gasteiger partial charge in [-0.25, -0.2) is 9.13 Å². The fourth-order valence-electron chi connectivity index (χ4n) is 12.3. The molecule has 0 aromatic heterocycles. The van der Waals surface area contributed by atoms with Crippen LogP contribution in [0.4, 0.5) is 0 Å². The first-order chi connectivity index (χ1) is 47.9. The molecule has 0 radical (unpaired) electrons. The third-order valence-electron chi connectivity index (χ3n) is 19.4. The lowest BCUT2D eigenvalue weighted by Gasteiger charge is -2.21. The van der Waals surface area contributed by atoms with Gasteiger partial charge in [0.1, 0.15) is 19.3 Å². The zero-order valence-corrected chi connectivity index (χ0v) is 66.6. The van der Waals surface area contributed by atoms with Crippen molar-refractivity contribution in [2.75, 3.05) is 39.6 Å². The molecule has 17 nitrogen and oxygen atoms in total. The molecule has 19 heteroatoms. The van der Waals surface area contributed by atoms with Gasteiger partial charge in [-0.1, -0.05) is 369 Å². The van der Waals surface area contributed by atoms with Crippen LogP contribution in [-0.2, 0) is 65.4 Å². The number of esters is 4. The van der Waals surface area contributed by atoms with Crippen molar-refractivity contribution in [3.63, 3.8) is 0 Å². The number of hydrogen-bond acceptors (Lipinski definition) is 15. The van der Waals surface area contributed by atoms with Gasteiger partial charge in [-0.05, 0) is 37.5 Å². The van der Waals surface area contributed by atoms with Crippen LogP contribution < -0.4 is 0 Å². The SMILES string of the molecule is CCCCCCCCCCCCCCCCCCCCCC(=O)O[C@H](COC(=O)CCCCCCCCCCCCCCCCC(C)CC)COP(=O)(O)OC[C@@H](O)COP(=O)(O)OC[C@@H](COC(=O)CCCCCCCCCC)OC(=O)CCCCCCCCCCCCC(C)CC. The summed E-state index contributed by atoms with van der Waals surface area (Å²) in [7, 11) is -9.91. The summed E-state index contributed by atoms with van der Waals surface area (Å²) in [5, 5.41) is 10.6. The molecule has 0 aliphatic carbocycles. The molecule has 3 N–H and O–H groups in total. The monoisotopic (exact) mass is 1450 g/mol. The van der Waals surface area contributed by atoms with Gasteiger partial charge >= 0.3 is 39.5 Å². The molecule has 0 aromatic carbocycles. The number of carbonyl (C=O) groups excluding carboxylic acids is 4. The van der Waals surface area contributed by atoms with Gasteiger partial charge in [0.15, 0.2) is 12.2 Å². The van der Waals surface area contributed by atoms with Crippen molar-refractivity contribution in [3.8, 4) is 0 Å². The molecule has 0 aromatic rings. The van der Waals surface area contributed by atoms with Crippen molar-refractivity contribution in [1.29, 1.82) is 0 Å². The Morgan fingerprint density at radius 3 is 0.717 bits per heavy atom. The zero-order valence-electron chi connectivity index (χ0n) is 64.8. The van der Waals surface area contributed by atoms with Crippen molar-refractivity contribution < 1.29 is 80.2 Å². The number of rotatable bonds is 79. The molecule has 0 saturated heterocycles. The summed E-state index contributed by atoms with van der Waals surface area (Å²) in [6, 6.07) is 0. The first-order valence-electron chi connectivity index (χ1n) is 41.6. The molecule has 4 unspecified atom stereocenters. The quantitative estimate of drug-likeness (QED) is 0.0222. The molecule has 7 atom stereocenters. The summed E-state index contributed by atoms with van der Waals surface area (Å²) in [4.78, 5) is 72.9. The predicted molar refractivity (Wildman–Crippen MR) is 405 cm³/mol. The minimum atomic E-state index is -4.96. The van der Waals surface area contributed by atoms with Crippen LogP contribution in [-0.4, -0.2) is 96.7 Å². The van der Waals surface area contributed by atoms with E-state index in [-0.39, 0.29) is 25.7 Å². The van der Waals surface area contributed by atoms with Crippen LogP contribution in [0, 0.1) is 11.8 Å². The van der Waals surface area contributed by atoms with E-state index in [0.29, 0.717) is 25.7 Å². The third-order valence-corrected chi connectivity index (χ3v) is 21.3. The van der Waals surface area contributed by atoms with Crippen LogP contribution >= 0.6 is 15.6 Å². The molecule has 0 bridgehead atoms. The molecular formula is C80H156O17P2. The predicted octanol–water partition coefficient (Wildman–Crippen LogP) is 23.9. The van der Waals surface area contributed by atoms with E-state index in [0.717, 1.165) is 108 Å². The van der Waals surface area contributed by atoms with Crippen LogP contribution in [0.3, 0.4) is 0 Å². The molecule has 0 aliphatic rings. The van der Waals surface area contributed by atoms with Gasteiger partial charge in [0, 0.05) is 25.7 Å². The van der Waals surface area contributed by atoms with Crippen LogP contribution in [0.15, 0.2) is 0 Å². The lowest BCUT2D eigenvalue weighted by atomic mass is 9.99. The largest absolute Gasteiger partial charge is 0.472 e. The van der Waals surface area contributed by atoms with E-state index in [1.807, 2.05) is 0 Å². The fourth-order valence-corrected chi connectivity index (χ4v) is 13.9. The van der Waals surface area contributed by atoms with E-state index in [4.69, 9.17) is 37.0 Å². The number of carbonyl (C=O) groups is 4. The van der Waals surface area contributed by atoms with Crippen LogP contribution in [0.5, 0.6) is 0 Å². The smallest absolute Gasteiger partial charge is 0.462 e. The Morgan fingerprint density at radius 2 is 0.485 bits per heavy atom. The van der Waals surface area contributed by atoms with Crippen LogP contribution in [0.2, 0.25) is 0 Å². The van der Waals surface area contributed by atoms with Crippen LogP contribution in [0.25, 0.3) is 0 Å². The lowest BCUT2D eigenvalue weighted by molar-refractivity contribution is -0.161. The molecule has 588 valence electrons. The Balaban J connectivity index is 5.21. The Morgan fingerprint density at radius 1 is 0.283 bits per heavy atom. The van der Waals surface area contributed by atoms with Crippen molar-refractivity contribution in [2.24, 2.45) is 11.8 Å². The van der Waals surface area contributed by atoms with E-state index in [1.165, 1.54) is 231 Å². The summed E-state index contributed by atoms with van der Waals surface area (Å²) < 4.78 is 68.6. The van der Waals surface area contributed by atoms with Gasteiger partial charge in [-0.3, -0.25) is 37.3 Å². The number of aliphatic hydroxyl groups excluding tert-OH is 1. The highest BCUT2D eigenvalue weighted by Gasteiger charge is 2.30. The maximum atomic E-state index is 13.1. The van der Waals surface area contributed by atoms with E-state index >= 15 is 0 Å². The second kappa shape index (κ2) is 71.7. The van der Waals surface area contributed by atoms with E-state index in [9.17, 15) is 43.2 Å². The van der Waals surface area contributed by atoms with Gasteiger partial charge in [0.05, 0.1) is 26.4 Å². The number of phosphoric acid groups is 2. The molecule has 0 fully saturated rings. The first-order valence-corrected chi connectivity index (χ1v) is 44.6. The molecule has 0 rings (SSSR count). The highest BCUT2D eigenvalue weighted by atomic mass is 31.2. The van der Waals surface area contributed by atoms with E-state index < -0.39 is 97.5 Å². The maximum Gasteiger partial charge on any atom is 0.472 e. The summed E-state index contributed by atoms with van der Waals surface area (Å²) in [6.45, 7) is 9.68. The average molecular weight is 1450 g/mol. The topological polar surface area (TPSA) is 237 Å². The minimum absolute atomic E-state index is 0.106. The highest BCUT2D eigenvalue weighted by Crippen LogP contribution is 2.45. The summed E-state index contributed by atoms with van der Waals surface area (Å²) in [5.74, 6) is -0.459. The average Bonchev–Trinajstić information content (AvgIpc) is 1.15. The number of unbranched alkanes of at least 4 members (excludes halogenated alkanes) is 47. The Hall–Kier alpha value is -1.94. The van der Waals surface area contributed by atoms with Crippen molar-refractivity contribution in [3.05, 3.63) is 0 Å². The Bertz CT molecular complexity index is 1910. The van der Waals surface area contributed by atoms with Crippen molar-refractivity contribution in [2.45, 2.75) is 439 Å². The Kier molecular flexibility index (Phi) is 70.3. The van der Waals surface area contributed by atoms with E-state index in [1.54, 1.807) is 0 Å². The van der Waals surface area contributed by atoms with Crippen molar-refractivity contribution in [1.82, 2.24) is 0 Å². The first kappa shape index (κ1) is 97.1. The van der Waals surface area contributed by atoms with E-state index in [2.05, 4.69) is 41.5 Å². The summed E-state index contributed by atoms with van der Waals surface area (Å²) in [5.41, 5.74) is 0. The van der Waals surface area contributed by atoms with Gasteiger partial charge in [0.25, 0.3) is 0 Å². The van der Waals surface area contributed by atoms with Gasteiger partial charge in [-0.15, -0.1) is 0 Å². The number of hydrogen-bond donors (Lipinski definition) is 3. The number of phosphoric ester groups is 2. The molecule has 0 saturated carbocycles. The summed E-state index contributed by atoms with van der Waals surface area (Å²) in [6.07, 6.45) is 61.0. The number of ether oxygens (including phenoxy) is 4. The molecule has 0 aliphatic heterocycles. The summed E-state index contributed by atoms with van der Waals surface area (Å²) >= 11 is 0. The molecule has 99 heavy (non-hydrogen) atoms. The second-order valence-electron chi connectivity index (χ2n) is 29.3. The molecule has 0 heterocycles. The minimum Gasteiger partial charge on any atom is -0.462 e. The fraction of sp³-hybridized carbons (Fsp3) is 0.950. The highest BCUT2D eigenvalue weighted by molar-refractivity contribution is 7.47. The molecule has 0 amide bonds. The second-order valence-corrected chi connectivity index (χ2v) is 32.2. The van der Waals surface area contributed by atoms with Gasteiger partial charge in [0.2, 0.25) is 0 Å². The maximum absolute atomic E-state index is 13.1. The normalized spacial score (nSPS) is 14.5.